The van der Waals surface area contributed by atoms with E-state index in [-0.39, 0.29) is 0 Å². The van der Waals surface area contributed by atoms with E-state index in [9.17, 15) is 0 Å². The fourth-order valence-electron chi connectivity index (χ4n) is 2.38. The summed E-state index contributed by atoms with van der Waals surface area (Å²) in [7, 11) is -1.05. The third-order valence-corrected chi connectivity index (χ3v) is 6.83. The molecule has 0 N–H and O–H groups in total. The lowest BCUT2D eigenvalue weighted by atomic mass is 10.1. The Labute approximate surface area is 150 Å². The van der Waals surface area contributed by atoms with Gasteiger partial charge in [0.15, 0.2) is 0 Å². The lowest BCUT2D eigenvalue weighted by Gasteiger charge is -2.15. The van der Waals surface area contributed by atoms with Crippen LogP contribution in [0.1, 0.15) is 24.3 Å². The van der Waals surface area contributed by atoms with Gasteiger partial charge in [0.25, 0.3) is 0 Å². The second-order valence-electron chi connectivity index (χ2n) is 7.14. The monoisotopic (exact) mass is 449 g/mol. The summed E-state index contributed by atoms with van der Waals surface area (Å²) in [5.74, 6) is 0.606. The van der Waals surface area contributed by atoms with Crippen LogP contribution >= 0.6 is 34.2 Å². The van der Waals surface area contributed by atoms with E-state index in [1.165, 1.54) is 24.4 Å². The number of hydrogen-bond acceptors (Lipinski definition) is 3. The van der Waals surface area contributed by atoms with E-state index < -0.39 is 8.07 Å². The van der Waals surface area contributed by atoms with Gasteiger partial charge in [-0.25, -0.2) is 9.67 Å². The van der Waals surface area contributed by atoms with Crippen molar-refractivity contribution in [2.45, 2.75) is 51.2 Å². The predicted octanol–water partition coefficient (Wildman–Crippen LogP) is 4.88. The molecular formula is C15H21ClIN3OSi. The minimum Gasteiger partial charge on any atom is -0.359 e. The average Bonchev–Trinajstić information content (AvgIpc) is 3.21. The molecule has 0 saturated heterocycles. The standard InChI is InChI=1S/C15H21ClIN3OSi/c1-22(2,3)7-6-21-9-20-15(17)14-13(19-20)11(10-4-5-10)8-12(16)18-14/h8,10H,4-7,9H2,1-3H3. The fraction of sp³-hybridized carbons (Fsp3) is 0.600. The Hall–Kier alpha value is -0.183. The molecule has 1 aliphatic carbocycles. The minimum absolute atomic E-state index is 0.487. The largest absolute Gasteiger partial charge is 0.359 e. The van der Waals surface area contributed by atoms with Crippen molar-refractivity contribution in [2.24, 2.45) is 0 Å². The van der Waals surface area contributed by atoms with Gasteiger partial charge in [0.1, 0.15) is 26.6 Å². The molecule has 0 unspecified atom stereocenters. The van der Waals surface area contributed by atoms with Gasteiger partial charge in [-0.1, -0.05) is 31.2 Å². The Morgan fingerprint density at radius 1 is 1.36 bits per heavy atom. The first kappa shape index (κ1) is 16.7. The Bertz CT molecular complexity index is 694. The lowest BCUT2D eigenvalue weighted by Crippen LogP contribution is -2.22. The van der Waals surface area contributed by atoms with Crippen molar-refractivity contribution in [1.29, 1.82) is 0 Å². The highest BCUT2D eigenvalue weighted by molar-refractivity contribution is 14.1. The summed E-state index contributed by atoms with van der Waals surface area (Å²) in [5.41, 5.74) is 3.14. The van der Waals surface area contributed by atoms with Gasteiger partial charge in [0.2, 0.25) is 0 Å². The summed E-state index contributed by atoms with van der Waals surface area (Å²) in [6.07, 6.45) is 2.46. The van der Waals surface area contributed by atoms with E-state index in [0.717, 1.165) is 21.3 Å². The molecule has 2 aromatic rings. The molecule has 0 radical (unpaired) electrons. The maximum Gasteiger partial charge on any atom is 0.140 e. The first-order valence-electron chi connectivity index (χ1n) is 7.65. The van der Waals surface area contributed by atoms with Gasteiger partial charge in [-0.15, -0.1) is 0 Å². The second kappa shape index (κ2) is 6.37. The molecule has 4 nitrogen and oxygen atoms in total. The Morgan fingerprint density at radius 3 is 2.73 bits per heavy atom. The van der Waals surface area contributed by atoms with Crippen LogP contribution < -0.4 is 0 Å². The molecule has 1 aliphatic rings. The van der Waals surface area contributed by atoms with Crippen molar-refractivity contribution in [3.8, 4) is 0 Å². The van der Waals surface area contributed by atoms with Crippen LogP contribution in [-0.4, -0.2) is 29.4 Å². The normalized spacial score (nSPS) is 15.7. The van der Waals surface area contributed by atoms with Crippen LogP contribution in [0, 0.1) is 3.70 Å². The van der Waals surface area contributed by atoms with E-state index in [0.29, 0.717) is 17.8 Å². The predicted molar refractivity (Wildman–Crippen MR) is 101 cm³/mol. The molecule has 0 aromatic carbocycles. The van der Waals surface area contributed by atoms with Crippen molar-refractivity contribution in [2.75, 3.05) is 6.61 Å². The molecule has 7 heteroatoms. The van der Waals surface area contributed by atoms with Crippen molar-refractivity contribution < 1.29 is 4.74 Å². The third-order valence-electron chi connectivity index (χ3n) is 3.86. The molecular weight excluding hydrogens is 429 g/mol. The Balaban J connectivity index is 1.79. The van der Waals surface area contributed by atoms with Gasteiger partial charge < -0.3 is 4.74 Å². The van der Waals surface area contributed by atoms with E-state index in [1.54, 1.807) is 0 Å². The third kappa shape index (κ3) is 3.83. The average molecular weight is 450 g/mol. The zero-order chi connectivity index (χ0) is 15.9. The highest BCUT2D eigenvalue weighted by Crippen LogP contribution is 2.43. The van der Waals surface area contributed by atoms with Crippen LogP contribution in [0.25, 0.3) is 11.0 Å². The van der Waals surface area contributed by atoms with E-state index in [1.807, 2.05) is 10.7 Å². The molecule has 1 fully saturated rings. The smallest absolute Gasteiger partial charge is 0.140 e. The molecule has 120 valence electrons. The van der Waals surface area contributed by atoms with Gasteiger partial charge >= 0.3 is 0 Å². The van der Waals surface area contributed by atoms with Crippen LogP contribution in [0.5, 0.6) is 0 Å². The van der Waals surface area contributed by atoms with Gasteiger partial charge in [-0.2, -0.15) is 5.10 Å². The molecule has 0 aliphatic heterocycles. The SMILES string of the molecule is C[Si](C)(C)CCOCn1nc2c(C3CC3)cc(Cl)nc2c1I. The van der Waals surface area contributed by atoms with Crippen LogP contribution in [0.4, 0.5) is 0 Å². The first-order chi connectivity index (χ1) is 10.3. The topological polar surface area (TPSA) is 39.9 Å². The quantitative estimate of drug-likeness (QED) is 0.273. The molecule has 3 rings (SSSR count). The minimum atomic E-state index is -1.05. The molecule has 0 atom stereocenters. The van der Waals surface area contributed by atoms with Crippen molar-refractivity contribution >= 4 is 53.3 Å². The molecule has 0 bridgehead atoms. The number of ether oxygens (including phenoxy) is 1. The molecule has 22 heavy (non-hydrogen) atoms. The highest BCUT2D eigenvalue weighted by atomic mass is 127. The van der Waals surface area contributed by atoms with Crippen molar-refractivity contribution in [1.82, 2.24) is 14.8 Å². The summed E-state index contributed by atoms with van der Waals surface area (Å²) in [4.78, 5) is 4.46. The van der Waals surface area contributed by atoms with E-state index in [2.05, 4.69) is 47.2 Å². The number of aromatic nitrogens is 3. The Morgan fingerprint density at radius 2 is 2.09 bits per heavy atom. The fourth-order valence-corrected chi connectivity index (χ4v) is 3.96. The summed E-state index contributed by atoms with van der Waals surface area (Å²) < 4.78 is 8.73. The highest BCUT2D eigenvalue weighted by Gasteiger charge is 2.28. The second-order valence-corrected chi connectivity index (χ2v) is 14.2. The molecule has 1 saturated carbocycles. The lowest BCUT2D eigenvalue weighted by molar-refractivity contribution is 0.0772. The number of halogens is 2. The zero-order valence-electron chi connectivity index (χ0n) is 13.2. The summed E-state index contributed by atoms with van der Waals surface area (Å²) in [5, 5.41) is 5.28. The molecule has 2 heterocycles. The molecule has 2 aromatic heterocycles. The first-order valence-corrected chi connectivity index (χ1v) is 12.8. The zero-order valence-corrected chi connectivity index (χ0v) is 17.1. The van der Waals surface area contributed by atoms with E-state index >= 15 is 0 Å². The van der Waals surface area contributed by atoms with Gasteiger partial charge in [0.05, 0.1) is 0 Å². The van der Waals surface area contributed by atoms with Crippen molar-refractivity contribution in [3.05, 3.63) is 20.5 Å². The van der Waals surface area contributed by atoms with Crippen molar-refractivity contribution in [3.63, 3.8) is 0 Å². The van der Waals surface area contributed by atoms with Crippen LogP contribution in [-0.2, 0) is 11.5 Å². The van der Waals surface area contributed by atoms with Gasteiger partial charge in [0, 0.05) is 14.7 Å². The van der Waals surface area contributed by atoms with Crippen LogP contribution in [0.3, 0.4) is 0 Å². The maximum absolute atomic E-state index is 6.18. The number of pyridine rings is 1. The maximum atomic E-state index is 6.18. The van der Waals surface area contributed by atoms with Gasteiger partial charge in [-0.3, -0.25) is 0 Å². The molecule has 0 amide bonds. The number of rotatable bonds is 6. The summed E-state index contributed by atoms with van der Waals surface area (Å²) >= 11 is 8.46. The Kier molecular flexibility index (Phi) is 4.83. The summed E-state index contributed by atoms with van der Waals surface area (Å²) in [6, 6.07) is 3.14. The number of nitrogens with zero attached hydrogens (tertiary/aromatic N) is 3. The van der Waals surface area contributed by atoms with Crippen LogP contribution in [0.2, 0.25) is 30.8 Å². The number of hydrogen-bond donors (Lipinski definition) is 0. The summed E-state index contributed by atoms with van der Waals surface area (Å²) in [6.45, 7) is 8.36. The van der Waals surface area contributed by atoms with Gasteiger partial charge in [-0.05, 0) is 59.0 Å². The number of fused-ring (bicyclic) bond motifs is 1. The van der Waals surface area contributed by atoms with E-state index in [4.69, 9.17) is 21.4 Å². The molecule has 0 spiro atoms. The van der Waals surface area contributed by atoms with Crippen LogP contribution in [0.15, 0.2) is 6.07 Å².